The molecule has 1 atom stereocenters. The number of thioether (sulfide) groups is 1. The molecule has 0 spiro atoms. The first-order valence-electron chi connectivity index (χ1n) is 10.5. The van der Waals surface area contributed by atoms with Crippen molar-refractivity contribution in [3.8, 4) is 0 Å². The number of halogens is 1. The quantitative estimate of drug-likeness (QED) is 0.175. The fourth-order valence-electron chi connectivity index (χ4n) is 3.20. The molecule has 3 rings (SSSR count). The Bertz CT molecular complexity index is 1280. The van der Waals surface area contributed by atoms with Crippen molar-refractivity contribution in [2.75, 3.05) is 11.1 Å². The number of aromatic nitrogens is 3. The number of nitro groups is 1. The minimum absolute atomic E-state index is 0.0433. The van der Waals surface area contributed by atoms with E-state index in [-0.39, 0.29) is 28.1 Å². The van der Waals surface area contributed by atoms with Crippen molar-refractivity contribution in [2.45, 2.75) is 31.6 Å². The van der Waals surface area contributed by atoms with Crippen molar-refractivity contribution < 1.29 is 14.5 Å². The van der Waals surface area contributed by atoms with Gasteiger partial charge in [0.2, 0.25) is 5.91 Å². The van der Waals surface area contributed by atoms with Crippen LogP contribution in [-0.2, 0) is 11.3 Å². The van der Waals surface area contributed by atoms with E-state index >= 15 is 0 Å². The van der Waals surface area contributed by atoms with Gasteiger partial charge in [-0.25, -0.2) is 0 Å². The number of allylic oxidation sites excluding steroid dienone is 1. The molecule has 1 heterocycles. The summed E-state index contributed by atoms with van der Waals surface area (Å²) >= 11 is 7.17. The van der Waals surface area contributed by atoms with Crippen molar-refractivity contribution in [2.24, 2.45) is 0 Å². The van der Waals surface area contributed by atoms with E-state index in [4.69, 9.17) is 11.6 Å². The highest BCUT2D eigenvalue weighted by Crippen LogP contribution is 2.27. The third-order valence-corrected chi connectivity index (χ3v) is 6.14. The van der Waals surface area contributed by atoms with Gasteiger partial charge in [0.1, 0.15) is 0 Å². The SMILES string of the molecule is C=CCn1c(SCC(=O)Nc2cc([N+](=O)[O-])ccc2Cl)nnc1[C@H](C)NC(=O)c1cccc(C)c1. The van der Waals surface area contributed by atoms with Gasteiger partial charge < -0.3 is 15.2 Å². The molecule has 35 heavy (non-hydrogen) atoms. The molecule has 0 aliphatic heterocycles. The molecule has 0 bridgehead atoms. The highest BCUT2D eigenvalue weighted by Gasteiger charge is 2.21. The summed E-state index contributed by atoms with van der Waals surface area (Å²) in [4.78, 5) is 35.5. The Hall–Kier alpha value is -3.70. The first-order valence-corrected chi connectivity index (χ1v) is 11.8. The fourth-order valence-corrected chi connectivity index (χ4v) is 4.12. The Kier molecular flexibility index (Phi) is 8.61. The Morgan fingerprint density at radius 1 is 1.29 bits per heavy atom. The molecular formula is C23H23ClN6O4S. The minimum Gasteiger partial charge on any atom is -0.342 e. The standard InChI is InChI=1S/C23H23ClN6O4S/c1-4-10-29-21(15(3)25-22(32)16-7-5-6-14(2)11-16)27-28-23(29)35-13-20(31)26-19-12-17(30(33)34)8-9-18(19)24/h4-9,11-12,15H,1,10,13H2,2-3H3,(H,25,32)(H,26,31)/t15-/m0/s1. The molecule has 0 aliphatic rings. The highest BCUT2D eigenvalue weighted by molar-refractivity contribution is 7.99. The van der Waals surface area contributed by atoms with Crippen LogP contribution in [0, 0.1) is 17.0 Å². The van der Waals surface area contributed by atoms with E-state index in [9.17, 15) is 19.7 Å². The lowest BCUT2D eigenvalue weighted by Crippen LogP contribution is -2.29. The molecular weight excluding hydrogens is 492 g/mol. The van der Waals surface area contributed by atoms with Crippen LogP contribution in [0.1, 0.15) is 34.7 Å². The predicted molar refractivity (Wildman–Crippen MR) is 135 cm³/mol. The number of carbonyl (C=O) groups excluding carboxylic acids is 2. The Morgan fingerprint density at radius 2 is 2.06 bits per heavy atom. The summed E-state index contributed by atoms with van der Waals surface area (Å²) in [5, 5.41) is 25.5. The molecule has 0 aliphatic carbocycles. The van der Waals surface area contributed by atoms with Crippen LogP contribution in [0.5, 0.6) is 0 Å². The summed E-state index contributed by atoms with van der Waals surface area (Å²) in [7, 11) is 0. The number of non-ortho nitro benzene ring substituents is 1. The van der Waals surface area contributed by atoms with Crippen LogP contribution in [0.25, 0.3) is 0 Å². The van der Waals surface area contributed by atoms with Gasteiger partial charge in [0.05, 0.1) is 27.4 Å². The molecule has 12 heteroatoms. The number of rotatable bonds is 10. The number of nitro benzene ring substituents is 1. The normalized spacial score (nSPS) is 11.5. The molecule has 10 nitrogen and oxygen atoms in total. The first-order chi connectivity index (χ1) is 16.7. The van der Waals surface area contributed by atoms with E-state index in [1.807, 2.05) is 19.1 Å². The van der Waals surface area contributed by atoms with Gasteiger partial charge in [-0.2, -0.15) is 0 Å². The topological polar surface area (TPSA) is 132 Å². The van der Waals surface area contributed by atoms with Crippen LogP contribution in [0.15, 0.2) is 60.3 Å². The maximum absolute atomic E-state index is 12.6. The zero-order valence-corrected chi connectivity index (χ0v) is 20.6. The monoisotopic (exact) mass is 514 g/mol. The van der Waals surface area contributed by atoms with Crippen molar-refractivity contribution in [1.29, 1.82) is 0 Å². The average Bonchev–Trinajstić information content (AvgIpc) is 3.22. The number of hydrogen-bond acceptors (Lipinski definition) is 7. The van der Waals surface area contributed by atoms with Crippen LogP contribution in [0.4, 0.5) is 11.4 Å². The second-order valence-corrected chi connectivity index (χ2v) is 8.91. The first kappa shape index (κ1) is 25.9. The lowest BCUT2D eigenvalue weighted by atomic mass is 10.1. The summed E-state index contributed by atoms with van der Waals surface area (Å²) in [5.41, 5.74) is 1.47. The van der Waals surface area contributed by atoms with Crippen LogP contribution in [0.2, 0.25) is 5.02 Å². The number of amides is 2. The predicted octanol–water partition coefficient (Wildman–Crippen LogP) is 4.56. The second kappa shape index (κ2) is 11.6. The zero-order valence-electron chi connectivity index (χ0n) is 19.0. The van der Waals surface area contributed by atoms with Gasteiger partial charge >= 0.3 is 0 Å². The molecule has 0 saturated heterocycles. The zero-order chi connectivity index (χ0) is 25.5. The van der Waals surface area contributed by atoms with Crippen LogP contribution in [0.3, 0.4) is 0 Å². The smallest absolute Gasteiger partial charge is 0.271 e. The van der Waals surface area contributed by atoms with Crippen molar-refractivity contribution in [3.05, 3.63) is 87.2 Å². The van der Waals surface area contributed by atoms with Gasteiger partial charge in [0, 0.05) is 24.2 Å². The molecule has 0 saturated carbocycles. The second-order valence-electron chi connectivity index (χ2n) is 7.56. The van der Waals surface area contributed by atoms with Crippen molar-refractivity contribution in [3.63, 3.8) is 0 Å². The maximum atomic E-state index is 12.6. The Morgan fingerprint density at radius 3 is 2.74 bits per heavy atom. The summed E-state index contributed by atoms with van der Waals surface area (Å²) in [6.07, 6.45) is 1.66. The summed E-state index contributed by atoms with van der Waals surface area (Å²) < 4.78 is 1.76. The molecule has 0 fully saturated rings. The van der Waals surface area contributed by atoms with E-state index in [2.05, 4.69) is 27.4 Å². The number of benzene rings is 2. The van der Waals surface area contributed by atoms with Gasteiger partial charge in [-0.1, -0.05) is 47.1 Å². The van der Waals surface area contributed by atoms with Crippen LogP contribution < -0.4 is 10.6 Å². The van der Waals surface area contributed by atoms with E-state index in [0.717, 1.165) is 17.3 Å². The van der Waals surface area contributed by atoms with Gasteiger partial charge in [-0.05, 0) is 32.0 Å². The molecule has 0 unspecified atom stereocenters. The van der Waals surface area contributed by atoms with E-state index in [0.29, 0.717) is 23.1 Å². The fraction of sp³-hybridized carbons (Fsp3) is 0.217. The summed E-state index contributed by atoms with van der Waals surface area (Å²) in [6, 6.07) is 10.6. The number of hydrogen-bond donors (Lipinski definition) is 2. The molecule has 2 amide bonds. The van der Waals surface area contributed by atoms with E-state index < -0.39 is 16.9 Å². The van der Waals surface area contributed by atoms with Crippen molar-refractivity contribution in [1.82, 2.24) is 20.1 Å². The molecule has 2 aromatic carbocycles. The minimum atomic E-state index is -0.571. The van der Waals surface area contributed by atoms with Crippen molar-refractivity contribution >= 4 is 46.6 Å². The average molecular weight is 515 g/mol. The van der Waals surface area contributed by atoms with Crippen LogP contribution >= 0.6 is 23.4 Å². The van der Waals surface area contributed by atoms with Gasteiger partial charge in [-0.15, -0.1) is 16.8 Å². The maximum Gasteiger partial charge on any atom is 0.271 e. The number of nitrogens with one attached hydrogen (secondary N) is 2. The van der Waals surface area contributed by atoms with Gasteiger partial charge in [-0.3, -0.25) is 19.7 Å². The molecule has 1 aromatic heterocycles. The van der Waals surface area contributed by atoms with E-state index in [1.165, 1.54) is 18.2 Å². The molecule has 2 N–H and O–H groups in total. The highest BCUT2D eigenvalue weighted by atomic mass is 35.5. The lowest BCUT2D eigenvalue weighted by Gasteiger charge is -2.15. The summed E-state index contributed by atoms with van der Waals surface area (Å²) in [6.45, 7) is 7.83. The molecule has 182 valence electrons. The van der Waals surface area contributed by atoms with E-state index in [1.54, 1.807) is 29.7 Å². The third-order valence-electron chi connectivity index (χ3n) is 4.84. The Balaban J connectivity index is 1.68. The van der Waals surface area contributed by atoms with Crippen LogP contribution in [-0.4, -0.2) is 37.3 Å². The largest absolute Gasteiger partial charge is 0.342 e. The number of nitrogens with zero attached hydrogens (tertiary/aromatic N) is 4. The molecule has 3 aromatic rings. The lowest BCUT2D eigenvalue weighted by molar-refractivity contribution is -0.384. The summed E-state index contributed by atoms with van der Waals surface area (Å²) in [5.74, 6) is -0.196. The molecule has 0 radical (unpaired) electrons. The third kappa shape index (κ3) is 6.67. The Labute approximate surface area is 210 Å². The van der Waals surface area contributed by atoms with Gasteiger partial charge in [0.25, 0.3) is 11.6 Å². The number of carbonyl (C=O) groups is 2. The van der Waals surface area contributed by atoms with Gasteiger partial charge in [0.15, 0.2) is 11.0 Å². The number of aryl methyl sites for hydroxylation is 1. The number of anilines is 1.